The fourth-order valence-electron chi connectivity index (χ4n) is 3.51. The van der Waals surface area contributed by atoms with Crippen molar-refractivity contribution in [1.29, 1.82) is 0 Å². The van der Waals surface area contributed by atoms with E-state index in [1.807, 2.05) is 6.92 Å². The Morgan fingerprint density at radius 1 is 1.27 bits per heavy atom. The molecular weight excluding hydrogens is 341 g/mol. The Hall–Kier alpha value is -1.59. The molecule has 142 valence electrons. The van der Waals surface area contributed by atoms with Gasteiger partial charge >= 0.3 is 6.18 Å². The van der Waals surface area contributed by atoms with Gasteiger partial charge in [0, 0.05) is 36.7 Å². The van der Waals surface area contributed by atoms with Gasteiger partial charge in [-0.3, -0.25) is 10.3 Å². The largest absolute Gasteiger partial charge is 0.416 e. The Kier molecular flexibility index (Phi) is 5.06. The van der Waals surface area contributed by atoms with Crippen LogP contribution in [0.25, 0.3) is 0 Å². The van der Waals surface area contributed by atoms with E-state index in [-0.39, 0.29) is 11.6 Å². The van der Waals surface area contributed by atoms with E-state index in [4.69, 9.17) is 5.73 Å². The summed E-state index contributed by atoms with van der Waals surface area (Å²) in [6, 6.07) is 5.38. The molecule has 0 amide bonds. The van der Waals surface area contributed by atoms with Crippen LogP contribution in [0.5, 0.6) is 0 Å². The van der Waals surface area contributed by atoms with Crippen LogP contribution in [0, 0.1) is 11.8 Å². The Balaban J connectivity index is 1.86. The normalized spacial score (nSPS) is 29.2. The van der Waals surface area contributed by atoms with Crippen LogP contribution in [0.2, 0.25) is 0 Å². The maximum absolute atomic E-state index is 12.9. The number of hydrogen-bond acceptors (Lipinski definition) is 4. The van der Waals surface area contributed by atoms with Crippen molar-refractivity contribution in [2.75, 3.05) is 13.1 Å². The molecule has 4 N–H and O–H groups in total. The van der Waals surface area contributed by atoms with Crippen LogP contribution in [0.3, 0.4) is 0 Å². The summed E-state index contributed by atoms with van der Waals surface area (Å²) in [7, 11) is 0. The molecule has 1 aromatic rings. The van der Waals surface area contributed by atoms with Crippen molar-refractivity contribution in [2.24, 2.45) is 5.73 Å². The van der Waals surface area contributed by atoms with Crippen molar-refractivity contribution < 1.29 is 13.2 Å². The number of nitrogens with one attached hydrogen (secondary N) is 2. The molecule has 7 heteroatoms. The van der Waals surface area contributed by atoms with Crippen LogP contribution in [0.1, 0.15) is 44.2 Å². The van der Waals surface area contributed by atoms with E-state index in [1.165, 1.54) is 6.07 Å². The average molecular weight is 366 g/mol. The first kappa shape index (κ1) is 19.2. The number of alkyl halides is 3. The summed E-state index contributed by atoms with van der Waals surface area (Å²) in [5.41, 5.74) is 11.6. The van der Waals surface area contributed by atoms with Crippen LogP contribution < -0.4 is 16.6 Å². The molecule has 3 rings (SSSR count). The monoisotopic (exact) mass is 366 g/mol. The fraction of sp³-hybridized carbons (Fsp3) is 0.579. The molecule has 2 heterocycles. The second kappa shape index (κ2) is 6.86. The molecule has 0 aromatic heterocycles. The predicted octanol–water partition coefficient (Wildman–Crippen LogP) is 2.45. The Morgan fingerprint density at radius 3 is 2.54 bits per heavy atom. The summed E-state index contributed by atoms with van der Waals surface area (Å²) >= 11 is 0. The first-order valence-electron chi connectivity index (χ1n) is 8.87. The van der Waals surface area contributed by atoms with Gasteiger partial charge in [0.2, 0.25) is 0 Å². The standard InChI is InChI=1S/C19H25F3N4/c1-14-13-18(25-24-14,26-10-8-17(2,23)9-11-26)7-6-15-4-3-5-16(12-15)19(20,21)22/h3-5,12,14,24-25H,8-11,13,23H2,1-2H3. The van der Waals surface area contributed by atoms with E-state index >= 15 is 0 Å². The highest BCUT2D eigenvalue weighted by atomic mass is 19.4. The van der Waals surface area contributed by atoms with Crippen LogP contribution in [0.15, 0.2) is 24.3 Å². The third-order valence-electron chi connectivity index (χ3n) is 5.18. The molecule has 26 heavy (non-hydrogen) atoms. The minimum Gasteiger partial charge on any atom is -0.325 e. The summed E-state index contributed by atoms with van der Waals surface area (Å²) in [6.07, 6.45) is -1.90. The number of piperidine rings is 1. The van der Waals surface area contributed by atoms with Crippen molar-refractivity contribution in [3.05, 3.63) is 35.4 Å². The SMILES string of the molecule is CC1CC(C#Cc2cccc(C(F)(F)F)c2)(N2CCC(C)(N)CC2)NN1. The van der Waals surface area contributed by atoms with Gasteiger partial charge in [-0.25, -0.2) is 5.43 Å². The molecule has 0 radical (unpaired) electrons. The number of hydrazine groups is 1. The lowest BCUT2D eigenvalue weighted by atomic mass is 9.88. The highest BCUT2D eigenvalue weighted by Crippen LogP contribution is 2.30. The highest BCUT2D eigenvalue weighted by Gasteiger charge is 2.43. The van der Waals surface area contributed by atoms with Crippen molar-refractivity contribution >= 4 is 0 Å². The van der Waals surface area contributed by atoms with E-state index < -0.39 is 17.4 Å². The minimum atomic E-state index is -4.37. The fourth-order valence-corrected chi connectivity index (χ4v) is 3.51. The molecule has 0 aliphatic carbocycles. The van der Waals surface area contributed by atoms with Crippen molar-refractivity contribution in [1.82, 2.24) is 15.8 Å². The number of nitrogens with two attached hydrogens (primary N) is 1. The smallest absolute Gasteiger partial charge is 0.325 e. The van der Waals surface area contributed by atoms with Gasteiger partial charge < -0.3 is 5.73 Å². The second-order valence-corrected chi connectivity index (χ2v) is 7.70. The van der Waals surface area contributed by atoms with Crippen molar-refractivity contribution in [3.8, 4) is 11.8 Å². The molecule has 2 unspecified atom stereocenters. The second-order valence-electron chi connectivity index (χ2n) is 7.70. The van der Waals surface area contributed by atoms with Gasteiger partial charge in [0.15, 0.2) is 0 Å². The molecular formula is C19H25F3N4. The molecule has 0 bridgehead atoms. The van der Waals surface area contributed by atoms with E-state index in [0.717, 1.165) is 44.5 Å². The summed E-state index contributed by atoms with van der Waals surface area (Å²) in [4.78, 5) is 2.25. The van der Waals surface area contributed by atoms with Crippen LogP contribution >= 0.6 is 0 Å². The van der Waals surface area contributed by atoms with Gasteiger partial charge in [0.1, 0.15) is 5.66 Å². The Labute approximate surface area is 152 Å². The van der Waals surface area contributed by atoms with E-state index in [9.17, 15) is 13.2 Å². The summed E-state index contributed by atoms with van der Waals surface area (Å²) in [6.45, 7) is 5.70. The first-order valence-corrected chi connectivity index (χ1v) is 8.87. The van der Waals surface area contributed by atoms with E-state index in [0.29, 0.717) is 5.56 Å². The van der Waals surface area contributed by atoms with Gasteiger partial charge in [-0.1, -0.05) is 17.9 Å². The Morgan fingerprint density at radius 2 is 1.96 bits per heavy atom. The van der Waals surface area contributed by atoms with E-state index in [2.05, 4.69) is 34.5 Å². The third kappa shape index (κ3) is 4.21. The van der Waals surface area contributed by atoms with Gasteiger partial charge in [0.05, 0.1) is 5.56 Å². The molecule has 0 saturated carbocycles. The highest BCUT2D eigenvalue weighted by molar-refractivity contribution is 5.40. The van der Waals surface area contributed by atoms with Crippen LogP contribution in [-0.2, 0) is 6.18 Å². The zero-order chi connectivity index (χ0) is 19.0. The van der Waals surface area contributed by atoms with Gasteiger partial charge in [-0.05, 0) is 44.9 Å². The number of benzene rings is 1. The molecule has 2 atom stereocenters. The summed E-state index contributed by atoms with van der Waals surface area (Å²) in [5.74, 6) is 6.16. The lowest BCUT2D eigenvalue weighted by Crippen LogP contribution is -2.61. The van der Waals surface area contributed by atoms with E-state index in [1.54, 1.807) is 6.07 Å². The number of halogens is 3. The molecule has 2 fully saturated rings. The lowest BCUT2D eigenvalue weighted by Gasteiger charge is -2.44. The maximum Gasteiger partial charge on any atom is 0.416 e. The zero-order valence-electron chi connectivity index (χ0n) is 15.1. The Bertz CT molecular complexity index is 709. The molecule has 2 aliphatic heterocycles. The van der Waals surface area contributed by atoms with Gasteiger partial charge in [-0.2, -0.15) is 13.2 Å². The number of rotatable bonds is 1. The minimum absolute atomic E-state index is 0.177. The topological polar surface area (TPSA) is 53.3 Å². The van der Waals surface area contributed by atoms with Crippen molar-refractivity contribution in [3.63, 3.8) is 0 Å². The van der Waals surface area contributed by atoms with Gasteiger partial charge in [-0.15, -0.1) is 0 Å². The number of hydrogen-bond donors (Lipinski definition) is 3. The molecule has 2 saturated heterocycles. The first-order chi connectivity index (χ1) is 12.1. The number of nitrogens with zero attached hydrogens (tertiary/aromatic N) is 1. The maximum atomic E-state index is 12.9. The zero-order valence-corrected chi connectivity index (χ0v) is 15.1. The quantitative estimate of drug-likeness (QED) is 0.669. The summed E-state index contributed by atoms with van der Waals surface area (Å²) < 4.78 is 38.7. The number of likely N-dealkylation sites (tertiary alicyclic amines) is 1. The summed E-state index contributed by atoms with van der Waals surface area (Å²) in [5, 5.41) is 0. The lowest BCUT2D eigenvalue weighted by molar-refractivity contribution is -0.137. The predicted molar refractivity (Wildman–Crippen MR) is 94.8 cm³/mol. The van der Waals surface area contributed by atoms with Crippen molar-refractivity contribution in [2.45, 2.75) is 56.5 Å². The third-order valence-corrected chi connectivity index (χ3v) is 5.18. The molecule has 4 nitrogen and oxygen atoms in total. The van der Waals surface area contributed by atoms with Crippen LogP contribution in [-0.4, -0.2) is 35.2 Å². The van der Waals surface area contributed by atoms with Gasteiger partial charge in [0.25, 0.3) is 0 Å². The molecule has 0 spiro atoms. The average Bonchev–Trinajstić information content (AvgIpc) is 2.95. The molecule has 1 aromatic carbocycles. The molecule has 2 aliphatic rings. The van der Waals surface area contributed by atoms with Crippen LogP contribution in [0.4, 0.5) is 13.2 Å².